The van der Waals surface area contributed by atoms with E-state index in [1.807, 2.05) is 38.1 Å². The first kappa shape index (κ1) is 23.2. The molecule has 0 fully saturated rings. The molecule has 24 heavy (non-hydrogen) atoms. The molecule has 0 radical (unpaired) electrons. The Bertz CT molecular complexity index is 648. The van der Waals surface area contributed by atoms with E-state index in [1.165, 1.54) is 0 Å². The molecule has 1 atom stereocenters. The Morgan fingerprint density at radius 3 is 2.54 bits per heavy atom. The van der Waals surface area contributed by atoms with Crippen molar-refractivity contribution in [2.24, 2.45) is 11.1 Å². The van der Waals surface area contributed by atoms with Gasteiger partial charge in [-0.3, -0.25) is 4.79 Å². The predicted molar refractivity (Wildman–Crippen MR) is 101 cm³/mol. The van der Waals surface area contributed by atoms with Crippen molar-refractivity contribution in [3.05, 3.63) is 34.9 Å². The number of carbonyl (C=O) groups excluding carboxylic acids is 1. The third kappa shape index (κ3) is 9.47. The van der Waals surface area contributed by atoms with Crippen molar-refractivity contribution in [1.82, 2.24) is 5.32 Å². The lowest BCUT2D eigenvalue weighted by Gasteiger charge is -2.26. The van der Waals surface area contributed by atoms with Gasteiger partial charge in [-0.25, -0.2) is 8.42 Å². The molecule has 5 nitrogen and oxygen atoms in total. The summed E-state index contributed by atoms with van der Waals surface area (Å²) in [6.45, 7) is 4.53. The number of rotatable bonds is 8. The molecule has 8 heteroatoms. The lowest BCUT2D eigenvalue weighted by molar-refractivity contribution is -0.122. The smallest absolute Gasteiger partial charge is 0.236 e. The van der Waals surface area contributed by atoms with E-state index in [0.29, 0.717) is 11.6 Å². The number of nitrogens with one attached hydrogen (secondary N) is 1. The highest BCUT2D eigenvalue weighted by Gasteiger charge is 2.22. The fourth-order valence-corrected chi connectivity index (χ4v) is 3.09. The van der Waals surface area contributed by atoms with Crippen molar-refractivity contribution in [3.63, 3.8) is 0 Å². The van der Waals surface area contributed by atoms with Gasteiger partial charge in [0.25, 0.3) is 0 Å². The van der Waals surface area contributed by atoms with Crippen LogP contribution in [0.3, 0.4) is 0 Å². The van der Waals surface area contributed by atoms with Crippen LogP contribution in [0.1, 0.15) is 25.8 Å². The molecular weight excluding hydrogens is 371 g/mol. The highest BCUT2D eigenvalue weighted by atomic mass is 35.5. The zero-order chi connectivity index (χ0) is 17.7. The maximum Gasteiger partial charge on any atom is 0.236 e. The quantitative estimate of drug-likeness (QED) is 0.704. The number of halogens is 2. The molecule has 0 saturated heterocycles. The summed E-state index contributed by atoms with van der Waals surface area (Å²) < 4.78 is 22.2. The Morgan fingerprint density at radius 2 is 2.00 bits per heavy atom. The van der Waals surface area contributed by atoms with Gasteiger partial charge in [-0.2, -0.15) is 0 Å². The average Bonchev–Trinajstić information content (AvgIpc) is 2.41. The Kier molecular flexibility index (Phi) is 9.28. The van der Waals surface area contributed by atoms with Gasteiger partial charge in [-0.05, 0) is 36.0 Å². The van der Waals surface area contributed by atoms with Crippen LogP contribution >= 0.6 is 24.0 Å². The number of sulfone groups is 1. The first-order valence-electron chi connectivity index (χ1n) is 7.44. The summed E-state index contributed by atoms with van der Waals surface area (Å²) in [5.41, 5.74) is 6.66. The Morgan fingerprint density at radius 1 is 1.38 bits per heavy atom. The van der Waals surface area contributed by atoms with E-state index < -0.39 is 15.9 Å². The van der Waals surface area contributed by atoms with Crippen LogP contribution in [-0.4, -0.2) is 38.9 Å². The predicted octanol–water partition coefficient (Wildman–Crippen LogP) is 2.21. The van der Waals surface area contributed by atoms with E-state index >= 15 is 0 Å². The molecule has 138 valence electrons. The molecule has 0 saturated carbocycles. The number of benzene rings is 1. The molecule has 0 aliphatic rings. The number of carbonyl (C=O) groups is 1. The van der Waals surface area contributed by atoms with E-state index in [2.05, 4.69) is 5.32 Å². The molecule has 0 bridgehead atoms. The Hall–Kier alpha value is -0.820. The van der Waals surface area contributed by atoms with Crippen molar-refractivity contribution in [3.8, 4) is 0 Å². The largest absolute Gasteiger partial charge is 0.354 e. The summed E-state index contributed by atoms with van der Waals surface area (Å²) in [4.78, 5) is 12.0. The summed E-state index contributed by atoms with van der Waals surface area (Å²) in [5.74, 6) is -0.416. The molecule has 1 rings (SSSR count). The van der Waals surface area contributed by atoms with Crippen molar-refractivity contribution >= 4 is 39.8 Å². The van der Waals surface area contributed by atoms with Crippen LogP contribution in [0.15, 0.2) is 24.3 Å². The summed E-state index contributed by atoms with van der Waals surface area (Å²) in [7, 11) is -3.11. The van der Waals surface area contributed by atoms with Gasteiger partial charge < -0.3 is 11.1 Å². The second kappa shape index (κ2) is 9.61. The standard InChI is InChI=1S/C16H25ClN2O3S.ClH/c1-16(2,10-12-5-4-6-13(17)9-12)11-19-15(20)14(18)7-8-23(3,21)22;/h4-6,9,14H,7-8,10-11,18H2,1-3H3,(H,19,20);1H. The maximum atomic E-state index is 12.0. The van der Waals surface area contributed by atoms with Crippen LogP contribution in [0.25, 0.3) is 0 Å². The molecule has 1 amide bonds. The molecule has 1 aromatic carbocycles. The number of hydrogen-bond donors (Lipinski definition) is 2. The van der Waals surface area contributed by atoms with Gasteiger partial charge in [0.05, 0.1) is 11.8 Å². The molecule has 0 heterocycles. The van der Waals surface area contributed by atoms with E-state index in [1.54, 1.807) is 0 Å². The first-order chi connectivity index (χ1) is 10.5. The normalized spacial score (nSPS) is 13.0. The topological polar surface area (TPSA) is 89.3 Å². The van der Waals surface area contributed by atoms with E-state index in [0.717, 1.165) is 18.2 Å². The minimum Gasteiger partial charge on any atom is -0.354 e. The van der Waals surface area contributed by atoms with E-state index in [9.17, 15) is 13.2 Å². The zero-order valence-corrected chi connectivity index (χ0v) is 16.6. The Balaban J connectivity index is 0.00000529. The lowest BCUT2D eigenvalue weighted by Crippen LogP contribution is -2.45. The summed E-state index contributed by atoms with van der Waals surface area (Å²) in [6.07, 6.45) is 2.01. The van der Waals surface area contributed by atoms with Gasteiger partial charge in [0, 0.05) is 17.8 Å². The monoisotopic (exact) mass is 396 g/mol. The van der Waals surface area contributed by atoms with Gasteiger partial charge in [0.2, 0.25) is 5.91 Å². The van der Waals surface area contributed by atoms with Crippen molar-refractivity contribution < 1.29 is 13.2 Å². The van der Waals surface area contributed by atoms with Gasteiger partial charge in [0.15, 0.2) is 0 Å². The van der Waals surface area contributed by atoms with E-state index in [-0.39, 0.29) is 35.9 Å². The van der Waals surface area contributed by atoms with Crippen molar-refractivity contribution in [2.45, 2.75) is 32.7 Å². The minimum absolute atomic E-state index is 0. The molecule has 3 N–H and O–H groups in total. The van der Waals surface area contributed by atoms with Crippen LogP contribution in [0.2, 0.25) is 5.02 Å². The highest BCUT2D eigenvalue weighted by molar-refractivity contribution is 7.90. The average molecular weight is 397 g/mol. The summed E-state index contributed by atoms with van der Waals surface area (Å²) >= 11 is 5.98. The fourth-order valence-electron chi connectivity index (χ4n) is 2.19. The Labute approximate surface area is 155 Å². The molecule has 0 aliphatic carbocycles. The third-order valence-corrected chi connectivity index (χ3v) is 4.66. The zero-order valence-electron chi connectivity index (χ0n) is 14.2. The molecule has 0 spiro atoms. The third-order valence-electron chi connectivity index (χ3n) is 3.45. The van der Waals surface area contributed by atoms with Crippen LogP contribution in [-0.2, 0) is 21.1 Å². The van der Waals surface area contributed by atoms with Crippen LogP contribution in [0.5, 0.6) is 0 Å². The lowest BCUT2D eigenvalue weighted by atomic mass is 9.85. The van der Waals surface area contributed by atoms with Gasteiger partial charge in [0.1, 0.15) is 9.84 Å². The maximum absolute atomic E-state index is 12.0. The molecular formula is C16H26Cl2N2O3S. The van der Waals surface area contributed by atoms with Crippen LogP contribution in [0, 0.1) is 5.41 Å². The van der Waals surface area contributed by atoms with Crippen molar-refractivity contribution in [1.29, 1.82) is 0 Å². The number of nitrogens with two attached hydrogens (primary N) is 1. The number of amides is 1. The highest BCUT2D eigenvalue weighted by Crippen LogP contribution is 2.22. The molecule has 0 aromatic heterocycles. The molecule has 1 unspecified atom stereocenters. The first-order valence-corrected chi connectivity index (χ1v) is 9.88. The van der Waals surface area contributed by atoms with Gasteiger partial charge in [-0.15, -0.1) is 12.4 Å². The second-order valence-electron chi connectivity index (χ2n) is 6.71. The number of hydrogen-bond acceptors (Lipinski definition) is 4. The van der Waals surface area contributed by atoms with Gasteiger partial charge >= 0.3 is 0 Å². The SMILES string of the molecule is CC(C)(CNC(=O)C(N)CCS(C)(=O)=O)Cc1cccc(Cl)c1.Cl. The van der Waals surface area contributed by atoms with Crippen LogP contribution in [0.4, 0.5) is 0 Å². The fraction of sp³-hybridized carbons (Fsp3) is 0.562. The minimum atomic E-state index is -3.11. The van der Waals surface area contributed by atoms with Crippen molar-refractivity contribution in [2.75, 3.05) is 18.6 Å². The molecule has 0 aliphatic heterocycles. The summed E-state index contributed by atoms with van der Waals surface area (Å²) in [5, 5.41) is 3.49. The second-order valence-corrected chi connectivity index (χ2v) is 9.41. The summed E-state index contributed by atoms with van der Waals surface area (Å²) in [6, 6.07) is 6.80. The molecule has 1 aromatic rings. The van der Waals surface area contributed by atoms with E-state index in [4.69, 9.17) is 17.3 Å². The van der Waals surface area contributed by atoms with Crippen LogP contribution < -0.4 is 11.1 Å². The van der Waals surface area contributed by atoms with Gasteiger partial charge in [-0.1, -0.05) is 37.6 Å².